The van der Waals surface area contributed by atoms with Crippen LogP contribution in [0.5, 0.6) is 0 Å². The fourth-order valence-electron chi connectivity index (χ4n) is 0.665. The van der Waals surface area contributed by atoms with Crippen LogP contribution in [0.25, 0.3) is 0 Å². The Morgan fingerprint density at radius 1 is 1.31 bits per heavy atom. The van der Waals surface area contributed by atoms with E-state index in [2.05, 4.69) is 9.47 Å². The molecule has 0 heterocycles. The van der Waals surface area contributed by atoms with Crippen molar-refractivity contribution in [3.63, 3.8) is 0 Å². The molecule has 0 saturated heterocycles. The van der Waals surface area contributed by atoms with Crippen LogP contribution in [0.4, 0.5) is 0 Å². The van der Waals surface area contributed by atoms with E-state index >= 15 is 0 Å². The van der Waals surface area contributed by atoms with E-state index in [0.29, 0.717) is 0 Å². The number of carbonyl (C=O) groups is 2. The molecule has 4 nitrogen and oxygen atoms in total. The van der Waals surface area contributed by atoms with E-state index in [4.69, 9.17) is 6.85 Å². The minimum absolute atomic E-state index is 0.0915. The molecule has 0 aliphatic carbocycles. The molecule has 13 heavy (non-hydrogen) atoms. The molecule has 0 spiro atoms. The molecule has 0 unspecified atom stereocenters. The molecule has 0 amide bonds. The topological polar surface area (TPSA) is 52.6 Å². The largest absolute Gasteiger partial charge is 0.465 e. The van der Waals surface area contributed by atoms with Crippen molar-refractivity contribution in [2.75, 3.05) is 13.2 Å². The van der Waals surface area contributed by atoms with Crippen LogP contribution < -0.4 is 0 Å². The van der Waals surface area contributed by atoms with Gasteiger partial charge in [0.05, 0.1) is 13.2 Å². The molecular weight excluding hydrogens is 172 g/mol. The molecule has 0 aromatic rings. The van der Waals surface area contributed by atoms with Crippen molar-refractivity contribution in [1.82, 2.24) is 0 Å². The number of ether oxygens (including phenoxy) is 2. The summed E-state index contributed by atoms with van der Waals surface area (Å²) in [5, 5.41) is 0. The number of esters is 2. The standard InChI is InChI=1S/C9H16O4/c1-4-7(8(10)12-5-2)9(11)13-6-3/h7H,4-6H2,1-3H3/i1D3,4D2. The lowest BCUT2D eigenvalue weighted by Gasteiger charge is -2.11. The highest BCUT2D eigenvalue weighted by Gasteiger charge is 2.26. The molecule has 0 atom stereocenters. The zero-order valence-corrected chi connectivity index (χ0v) is 7.62. The molecule has 76 valence electrons. The minimum Gasteiger partial charge on any atom is -0.465 e. The molecule has 0 N–H and O–H groups in total. The first-order valence-corrected chi connectivity index (χ1v) is 3.92. The second-order valence-corrected chi connectivity index (χ2v) is 2.08. The summed E-state index contributed by atoms with van der Waals surface area (Å²) < 4.78 is 45.1. The maximum Gasteiger partial charge on any atom is 0.320 e. The van der Waals surface area contributed by atoms with Gasteiger partial charge in [0.1, 0.15) is 0 Å². The summed E-state index contributed by atoms with van der Waals surface area (Å²) in [7, 11) is 0. The average Bonchev–Trinajstić information content (AvgIpc) is 2.16. The molecule has 0 rings (SSSR count). The van der Waals surface area contributed by atoms with Crippen molar-refractivity contribution >= 4 is 11.9 Å². The third-order valence-electron chi connectivity index (χ3n) is 1.19. The van der Waals surface area contributed by atoms with E-state index in [9.17, 15) is 9.59 Å². The highest BCUT2D eigenvalue weighted by atomic mass is 16.6. The van der Waals surface area contributed by atoms with Gasteiger partial charge in [0.2, 0.25) is 0 Å². The lowest BCUT2D eigenvalue weighted by molar-refractivity contribution is -0.161. The summed E-state index contributed by atoms with van der Waals surface area (Å²) in [6, 6.07) is 0. The minimum atomic E-state index is -3.14. The first-order chi connectivity index (χ1) is 8.09. The number of hydrogen-bond acceptors (Lipinski definition) is 4. The number of rotatable bonds is 5. The molecule has 0 saturated carbocycles. The molecule has 0 aliphatic rings. The van der Waals surface area contributed by atoms with Crippen LogP contribution >= 0.6 is 0 Å². The summed E-state index contributed by atoms with van der Waals surface area (Å²) in [5.74, 6) is -4.60. The van der Waals surface area contributed by atoms with Gasteiger partial charge in [-0.3, -0.25) is 9.59 Å². The summed E-state index contributed by atoms with van der Waals surface area (Å²) in [5.41, 5.74) is 0. The zero-order chi connectivity index (χ0) is 14.6. The Morgan fingerprint density at radius 2 is 1.77 bits per heavy atom. The number of carbonyl (C=O) groups excluding carboxylic acids is 2. The number of hydrogen-bond donors (Lipinski definition) is 0. The zero-order valence-electron chi connectivity index (χ0n) is 12.6. The molecule has 0 aromatic heterocycles. The Hall–Kier alpha value is -1.06. The van der Waals surface area contributed by atoms with Crippen molar-refractivity contribution in [3.05, 3.63) is 0 Å². The molecule has 0 aromatic carbocycles. The Kier molecular flexibility index (Phi) is 2.79. The second-order valence-electron chi connectivity index (χ2n) is 2.08. The van der Waals surface area contributed by atoms with Gasteiger partial charge < -0.3 is 9.47 Å². The van der Waals surface area contributed by atoms with Gasteiger partial charge in [-0.25, -0.2) is 0 Å². The molecular formula is C9H16O4. The summed E-state index contributed by atoms with van der Waals surface area (Å²) in [6.45, 7) is -0.398. The Balaban J connectivity index is 5.34. The third-order valence-corrected chi connectivity index (χ3v) is 1.19. The van der Waals surface area contributed by atoms with Crippen LogP contribution in [0, 0.1) is 5.92 Å². The van der Waals surface area contributed by atoms with E-state index < -0.39 is 31.1 Å². The van der Waals surface area contributed by atoms with E-state index in [1.165, 1.54) is 13.8 Å². The van der Waals surface area contributed by atoms with Crippen LogP contribution in [-0.2, 0) is 19.1 Å². The van der Waals surface area contributed by atoms with Gasteiger partial charge in [-0.1, -0.05) is 6.85 Å². The van der Waals surface area contributed by atoms with Crippen LogP contribution in [0.3, 0.4) is 0 Å². The quantitative estimate of drug-likeness (QED) is 0.485. The van der Waals surface area contributed by atoms with Crippen molar-refractivity contribution in [3.8, 4) is 0 Å². The van der Waals surface area contributed by atoms with E-state index in [1.807, 2.05) is 0 Å². The molecule has 0 aliphatic heterocycles. The fraction of sp³-hybridized carbons (Fsp3) is 0.778. The first-order valence-electron chi connectivity index (χ1n) is 6.42. The smallest absolute Gasteiger partial charge is 0.320 e. The molecule has 4 heteroatoms. The van der Waals surface area contributed by atoms with Gasteiger partial charge in [-0.2, -0.15) is 0 Å². The van der Waals surface area contributed by atoms with Crippen molar-refractivity contribution in [2.24, 2.45) is 5.92 Å². The summed E-state index contributed by atoms with van der Waals surface area (Å²) >= 11 is 0. The second kappa shape index (κ2) is 6.46. The average molecular weight is 193 g/mol. The first kappa shape index (κ1) is 5.62. The third kappa shape index (κ3) is 3.92. The Morgan fingerprint density at radius 3 is 2.08 bits per heavy atom. The highest BCUT2D eigenvalue weighted by molar-refractivity contribution is 5.94. The maximum absolute atomic E-state index is 11.5. The van der Waals surface area contributed by atoms with Crippen molar-refractivity contribution in [1.29, 1.82) is 0 Å². The van der Waals surface area contributed by atoms with Gasteiger partial charge >= 0.3 is 11.9 Å². The van der Waals surface area contributed by atoms with Gasteiger partial charge in [0.25, 0.3) is 0 Å². The van der Waals surface area contributed by atoms with Crippen molar-refractivity contribution in [2.45, 2.75) is 27.1 Å². The normalized spacial score (nSPS) is 17.6. The summed E-state index contributed by atoms with van der Waals surface area (Å²) in [4.78, 5) is 23.1. The van der Waals surface area contributed by atoms with E-state index in [0.717, 1.165) is 0 Å². The summed E-state index contributed by atoms with van der Waals surface area (Å²) in [6.07, 6.45) is -3.05. The van der Waals surface area contributed by atoms with Crippen LogP contribution in [-0.4, -0.2) is 25.2 Å². The van der Waals surface area contributed by atoms with Crippen molar-refractivity contribution < 1.29 is 25.9 Å². The lowest BCUT2D eigenvalue weighted by Crippen LogP contribution is -2.27. The highest BCUT2D eigenvalue weighted by Crippen LogP contribution is 2.07. The van der Waals surface area contributed by atoms with Gasteiger partial charge in [0.15, 0.2) is 5.92 Å². The van der Waals surface area contributed by atoms with Gasteiger partial charge in [-0.05, 0) is 20.2 Å². The monoisotopic (exact) mass is 193 g/mol. The van der Waals surface area contributed by atoms with E-state index in [-0.39, 0.29) is 13.2 Å². The molecule has 0 fully saturated rings. The van der Waals surface area contributed by atoms with E-state index in [1.54, 1.807) is 0 Å². The van der Waals surface area contributed by atoms with Crippen LogP contribution in [0.1, 0.15) is 33.9 Å². The van der Waals surface area contributed by atoms with Crippen LogP contribution in [0.2, 0.25) is 0 Å². The maximum atomic E-state index is 11.5. The van der Waals surface area contributed by atoms with Crippen LogP contribution in [0.15, 0.2) is 0 Å². The Labute approximate surface area is 85.2 Å². The molecule has 0 bridgehead atoms. The SMILES string of the molecule is [2H]C([2H])([2H])C([2H])([2H])C(C(=O)OCC)C(=O)OCC. The Bertz CT molecular complexity index is 295. The predicted octanol–water partition coefficient (Wildman–Crippen LogP) is 1.14. The fourth-order valence-corrected chi connectivity index (χ4v) is 0.665. The van der Waals surface area contributed by atoms with Gasteiger partial charge in [-0.15, -0.1) is 0 Å². The molecule has 0 radical (unpaired) electrons. The lowest BCUT2D eigenvalue weighted by atomic mass is 10.1. The van der Waals surface area contributed by atoms with Gasteiger partial charge in [0, 0.05) is 6.85 Å². The predicted molar refractivity (Wildman–Crippen MR) is 47.0 cm³/mol.